The first kappa shape index (κ1) is 37.6. The van der Waals surface area contributed by atoms with Crippen LogP contribution >= 0.6 is 11.6 Å². The highest BCUT2D eigenvalue weighted by Gasteiger charge is 2.29. The average Bonchev–Trinajstić information content (AvgIpc) is 4.01. The first-order valence-electron chi connectivity index (χ1n) is 17.5. The van der Waals surface area contributed by atoms with E-state index in [1.807, 2.05) is 66.0 Å². The van der Waals surface area contributed by atoms with E-state index in [1.54, 1.807) is 55.5 Å². The van der Waals surface area contributed by atoms with Gasteiger partial charge in [0.1, 0.15) is 17.2 Å². The summed E-state index contributed by atoms with van der Waals surface area (Å²) in [6.07, 6.45) is 12.2. The molecule has 0 aliphatic heterocycles. The number of hydrogen-bond donors (Lipinski definition) is 2. The molecule has 0 radical (unpaired) electrons. The number of rotatable bonds is 15. The summed E-state index contributed by atoms with van der Waals surface area (Å²) in [6.45, 7) is 2.79. The van der Waals surface area contributed by atoms with Crippen molar-refractivity contribution in [2.45, 2.75) is 32.2 Å². The molecule has 0 aliphatic rings. The van der Waals surface area contributed by atoms with Gasteiger partial charge in [-0.2, -0.15) is 10.5 Å². The number of carbonyl (C=O) groups is 1. The lowest BCUT2D eigenvalue weighted by molar-refractivity contribution is 0.0968. The van der Waals surface area contributed by atoms with Crippen LogP contribution in [0.2, 0.25) is 5.02 Å². The molecule has 0 aliphatic carbocycles. The predicted octanol–water partition coefficient (Wildman–Crippen LogP) is 5.39. The molecule has 2 N–H and O–H groups in total. The molecule has 1 atom stereocenters. The first-order chi connectivity index (χ1) is 27.2. The Balaban J connectivity index is 1.22. The van der Waals surface area contributed by atoms with Crippen LogP contribution in [0.4, 0.5) is 4.39 Å². The molecule has 5 heterocycles. The number of amides is 1. The number of halogens is 2. The third kappa shape index (κ3) is 8.99. The largest absolute Gasteiger partial charge is 0.335 e. The molecule has 5 aromatic heterocycles. The van der Waals surface area contributed by atoms with E-state index in [0.717, 1.165) is 16.7 Å². The Morgan fingerprint density at radius 2 is 1.62 bits per heavy atom. The minimum Gasteiger partial charge on any atom is -0.335 e. The van der Waals surface area contributed by atoms with E-state index >= 15 is 0 Å². The summed E-state index contributed by atoms with van der Waals surface area (Å²) in [4.78, 5) is 36.6. The SMILES string of the molecule is CN(CCn1cnc(-c2nccc(C(=O)NC#N)c2C(Cn2cnc(-c3cc(-c4nn[nH]n4)ccn3)c2)N(C)Cc2ccc(Cl)cc2)c1)Cc1ccc(F)cc1. The zero-order valence-corrected chi connectivity index (χ0v) is 31.2. The van der Waals surface area contributed by atoms with Crippen LogP contribution in [-0.4, -0.2) is 86.0 Å². The van der Waals surface area contributed by atoms with Gasteiger partial charge in [0.15, 0.2) is 6.19 Å². The van der Waals surface area contributed by atoms with Gasteiger partial charge in [0.2, 0.25) is 5.82 Å². The molecule has 1 unspecified atom stereocenters. The number of nitrogens with zero attached hydrogens (tertiary/aromatic N) is 12. The fourth-order valence-electron chi connectivity index (χ4n) is 6.43. The van der Waals surface area contributed by atoms with Gasteiger partial charge in [0.25, 0.3) is 5.91 Å². The lowest BCUT2D eigenvalue weighted by Gasteiger charge is -2.31. The second kappa shape index (κ2) is 17.2. The molecule has 15 nitrogen and oxygen atoms in total. The van der Waals surface area contributed by atoms with Crippen LogP contribution in [0, 0.1) is 17.3 Å². The molecule has 0 bridgehead atoms. The molecule has 7 aromatic rings. The molecule has 0 fully saturated rings. The number of imidazole rings is 2. The summed E-state index contributed by atoms with van der Waals surface area (Å²) >= 11 is 6.22. The predicted molar refractivity (Wildman–Crippen MR) is 206 cm³/mol. The fourth-order valence-corrected chi connectivity index (χ4v) is 6.55. The summed E-state index contributed by atoms with van der Waals surface area (Å²) in [5.74, 6) is -0.395. The van der Waals surface area contributed by atoms with E-state index in [4.69, 9.17) is 21.6 Å². The van der Waals surface area contributed by atoms with Crippen molar-refractivity contribution in [3.8, 4) is 40.4 Å². The van der Waals surface area contributed by atoms with Gasteiger partial charge in [0.05, 0.1) is 30.1 Å². The number of aromatic amines is 1. The van der Waals surface area contributed by atoms with E-state index in [0.29, 0.717) is 71.9 Å². The maximum atomic E-state index is 13.6. The summed E-state index contributed by atoms with van der Waals surface area (Å²) in [5.41, 5.74) is 5.89. The highest BCUT2D eigenvalue weighted by atomic mass is 35.5. The molecular formula is C39H36ClFN14O. The number of aromatic nitrogens is 10. The summed E-state index contributed by atoms with van der Waals surface area (Å²) in [7, 11) is 3.97. The third-order valence-electron chi connectivity index (χ3n) is 9.24. The lowest BCUT2D eigenvalue weighted by Crippen LogP contribution is -2.31. The van der Waals surface area contributed by atoms with Crippen molar-refractivity contribution in [2.24, 2.45) is 0 Å². The van der Waals surface area contributed by atoms with Gasteiger partial charge in [-0.1, -0.05) is 35.9 Å². The molecule has 0 spiro atoms. The van der Waals surface area contributed by atoms with Gasteiger partial charge in [-0.15, -0.1) is 10.2 Å². The Morgan fingerprint density at radius 1 is 0.911 bits per heavy atom. The lowest BCUT2D eigenvalue weighted by atomic mass is 9.95. The van der Waals surface area contributed by atoms with Gasteiger partial charge in [-0.3, -0.25) is 25.0 Å². The van der Waals surface area contributed by atoms with Crippen LogP contribution < -0.4 is 5.32 Å². The Morgan fingerprint density at radius 3 is 2.39 bits per heavy atom. The Bertz CT molecular complexity index is 2440. The van der Waals surface area contributed by atoms with E-state index < -0.39 is 11.9 Å². The van der Waals surface area contributed by atoms with Crippen molar-refractivity contribution < 1.29 is 9.18 Å². The topological polar surface area (TPSA) is 175 Å². The van der Waals surface area contributed by atoms with Crippen LogP contribution in [0.25, 0.3) is 34.2 Å². The van der Waals surface area contributed by atoms with E-state index in [1.165, 1.54) is 12.1 Å². The number of hydrogen-bond acceptors (Lipinski definition) is 11. The standard InChI is InChI=1S/C39H36ClFN14O/c1-52(18-26-5-9-30(41)10-6-26)15-16-54-21-34(47-24-54)37-36(31(12-14-44-37)39(56)45-23-42)35(53(2)19-27-3-7-29(40)8-4-27)22-55-20-33(46-25-55)32-17-28(11-13-43-32)38-48-50-51-49-38/h3-14,17,20-21,24-25,35H,15-16,18-19,22H2,1-2H3,(H,45,56)(H,48,49,50,51). The number of pyridine rings is 2. The maximum absolute atomic E-state index is 13.6. The second-order valence-corrected chi connectivity index (χ2v) is 13.7. The smallest absolute Gasteiger partial charge is 0.264 e. The van der Waals surface area contributed by atoms with Crippen LogP contribution in [0.3, 0.4) is 0 Å². The maximum Gasteiger partial charge on any atom is 0.264 e. The molecule has 17 heteroatoms. The van der Waals surface area contributed by atoms with Crippen molar-refractivity contribution in [1.29, 1.82) is 5.26 Å². The molecule has 2 aromatic carbocycles. The molecular weight excluding hydrogens is 735 g/mol. The first-order valence-corrected chi connectivity index (χ1v) is 17.9. The quantitative estimate of drug-likeness (QED) is 0.101. The number of tetrazole rings is 1. The number of nitrogens with one attached hydrogen (secondary N) is 2. The van der Waals surface area contributed by atoms with Crippen LogP contribution in [0.1, 0.15) is 33.1 Å². The molecule has 1 amide bonds. The molecule has 0 saturated carbocycles. The van der Waals surface area contributed by atoms with E-state index in [-0.39, 0.29) is 11.4 Å². The van der Waals surface area contributed by atoms with Crippen LogP contribution in [0.15, 0.2) is 104 Å². The van der Waals surface area contributed by atoms with Gasteiger partial charge < -0.3 is 14.0 Å². The normalized spacial score (nSPS) is 11.9. The third-order valence-corrected chi connectivity index (χ3v) is 9.49. The summed E-state index contributed by atoms with van der Waals surface area (Å²) < 4.78 is 17.3. The van der Waals surface area contributed by atoms with Gasteiger partial charge in [0, 0.05) is 79.2 Å². The second-order valence-electron chi connectivity index (χ2n) is 13.2. The number of likely N-dealkylation sites (N-methyl/N-ethyl adjacent to an activating group) is 2. The summed E-state index contributed by atoms with van der Waals surface area (Å²) in [6, 6.07) is 18.8. The molecule has 282 valence electrons. The zero-order valence-electron chi connectivity index (χ0n) is 30.5. The molecule has 7 rings (SSSR count). The molecule has 0 saturated heterocycles. The van der Waals surface area contributed by atoms with Crippen molar-refractivity contribution in [3.05, 3.63) is 137 Å². The van der Waals surface area contributed by atoms with Crippen molar-refractivity contribution in [1.82, 2.24) is 64.8 Å². The Hall–Kier alpha value is -6.67. The zero-order chi connectivity index (χ0) is 39.0. The van der Waals surface area contributed by atoms with Crippen molar-refractivity contribution in [2.75, 3.05) is 20.6 Å². The van der Waals surface area contributed by atoms with E-state index in [9.17, 15) is 14.4 Å². The molecule has 56 heavy (non-hydrogen) atoms. The number of H-pyrrole nitrogens is 1. The van der Waals surface area contributed by atoms with Gasteiger partial charge in [-0.25, -0.2) is 14.4 Å². The van der Waals surface area contributed by atoms with Crippen LogP contribution in [-0.2, 0) is 26.2 Å². The number of nitriles is 1. The highest BCUT2D eigenvalue weighted by molar-refractivity contribution is 6.30. The Kier molecular flexibility index (Phi) is 11.6. The monoisotopic (exact) mass is 770 g/mol. The van der Waals surface area contributed by atoms with Gasteiger partial charge in [-0.05, 0) is 72.9 Å². The van der Waals surface area contributed by atoms with E-state index in [2.05, 4.69) is 45.7 Å². The average molecular weight is 771 g/mol. The van der Waals surface area contributed by atoms with Gasteiger partial charge >= 0.3 is 0 Å². The van der Waals surface area contributed by atoms with Crippen molar-refractivity contribution >= 4 is 17.5 Å². The number of carbonyl (C=O) groups excluding carboxylic acids is 1. The fraction of sp³-hybridized carbons (Fsp3) is 0.205. The highest BCUT2D eigenvalue weighted by Crippen LogP contribution is 2.34. The van der Waals surface area contributed by atoms with Crippen LogP contribution in [0.5, 0.6) is 0 Å². The minimum absolute atomic E-state index is 0.265. The number of benzene rings is 2. The van der Waals surface area contributed by atoms with Crippen molar-refractivity contribution in [3.63, 3.8) is 0 Å². The summed E-state index contributed by atoms with van der Waals surface area (Å²) in [5, 5.41) is 26.7. The Labute approximate surface area is 326 Å². The minimum atomic E-state index is -0.563.